The van der Waals surface area contributed by atoms with E-state index in [1.54, 1.807) is 12.1 Å². The summed E-state index contributed by atoms with van der Waals surface area (Å²) in [6.45, 7) is 0. The highest BCUT2D eigenvalue weighted by Crippen LogP contribution is 2.31. The maximum Gasteiger partial charge on any atom is 0.260 e. The lowest BCUT2D eigenvalue weighted by molar-refractivity contribution is 0.628. The van der Waals surface area contributed by atoms with Gasteiger partial charge in [-0.1, -0.05) is 42.5 Å². The second-order valence-corrected chi connectivity index (χ2v) is 5.98. The number of fused-ring (bicyclic) bond motifs is 1. The molecule has 0 saturated carbocycles. The quantitative estimate of drug-likeness (QED) is 0.592. The zero-order valence-corrected chi connectivity index (χ0v) is 12.7. The Morgan fingerprint density at radius 1 is 0.957 bits per heavy atom. The molecular formula is C18H11FN2OS. The van der Waals surface area contributed by atoms with E-state index in [0.29, 0.717) is 16.0 Å². The molecule has 0 aliphatic carbocycles. The van der Waals surface area contributed by atoms with Crippen molar-refractivity contribution >= 4 is 21.6 Å². The highest BCUT2D eigenvalue weighted by Gasteiger charge is 2.13. The van der Waals surface area contributed by atoms with Crippen molar-refractivity contribution in [2.45, 2.75) is 0 Å². The summed E-state index contributed by atoms with van der Waals surface area (Å²) in [6, 6.07) is 15.6. The number of H-pyrrole nitrogens is 1. The molecule has 2 aromatic carbocycles. The van der Waals surface area contributed by atoms with Gasteiger partial charge >= 0.3 is 0 Å². The van der Waals surface area contributed by atoms with Gasteiger partial charge in [0.1, 0.15) is 16.5 Å². The molecule has 2 aromatic heterocycles. The van der Waals surface area contributed by atoms with E-state index in [0.717, 1.165) is 16.7 Å². The number of nitrogens with one attached hydrogen (secondary N) is 1. The van der Waals surface area contributed by atoms with E-state index < -0.39 is 0 Å². The smallest absolute Gasteiger partial charge is 0.260 e. The predicted octanol–water partition coefficient (Wildman–Crippen LogP) is 4.46. The fourth-order valence-corrected chi connectivity index (χ4v) is 3.47. The van der Waals surface area contributed by atoms with Gasteiger partial charge in [-0.3, -0.25) is 4.79 Å². The van der Waals surface area contributed by atoms with Crippen LogP contribution in [0.3, 0.4) is 0 Å². The summed E-state index contributed by atoms with van der Waals surface area (Å²) in [5.74, 6) is 0.252. The van der Waals surface area contributed by atoms with Crippen LogP contribution in [0.4, 0.5) is 4.39 Å². The van der Waals surface area contributed by atoms with Gasteiger partial charge in [0.25, 0.3) is 5.56 Å². The molecule has 0 spiro atoms. The zero-order valence-electron chi connectivity index (χ0n) is 11.9. The van der Waals surface area contributed by atoms with Gasteiger partial charge in [-0.05, 0) is 17.7 Å². The fraction of sp³-hybridized carbons (Fsp3) is 0. The van der Waals surface area contributed by atoms with Gasteiger partial charge in [-0.15, -0.1) is 11.3 Å². The van der Waals surface area contributed by atoms with E-state index in [-0.39, 0.29) is 11.4 Å². The summed E-state index contributed by atoms with van der Waals surface area (Å²) in [7, 11) is 0. The molecule has 112 valence electrons. The van der Waals surface area contributed by atoms with E-state index in [1.165, 1.54) is 23.5 Å². The van der Waals surface area contributed by atoms with Crippen LogP contribution in [-0.2, 0) is 0 Å². The first-order valence-electron chi connectivity index (χ1n) is 7.05. The Labute approximate surface area is 135 Å². The topological polar surface area (TPSA) is 45.8 Å². The lowest BCUT2D eigenvalue weighted by Crippen LogP contribution is -2.08. The van der Waals surface area contributed by atoms with E-state index in [9.17, 15) is 9.18 Å². The van der Waals surface area contributed by atoms with Crippen LogP contribution in [-0.4, -0.2) is 9.97 Å². The predicted molar refractivity (Wildman–Crippen MR) is 91.1 cm³/mol. The van der Waals surface area contributed by atoms with Crippen molar-refractivity contribution in [3.63, 3.8) is 0 Å². The zero-order chi connectivity index (χ0) is 15.8. The van der Waals surface area contributed by atoms with Crippen molar-refractivity contribution in [1.82, 2.24) is 9.97 Å². The van der Waals surface area contributed by atoms with Gasteiger partial charge in [0.2, 0.25) is 0 Å². The molecule has 23 heavy (non-hydrogen) atoms. The average molecular weight is 322 g/mol. The molecule has 0 aliphatic rings. The average Bonchev–Trinajstić information content (AvgIpc) is 3.01. The van der Waals surface area contributed by atoms with E-state index in [1.807, 2.05) is 35.7 Å². The van der Waals surface area contributed by atoms with Crippen molar-refractivity contribution in [2.75, 3.05) is 0 Å². The van der Waals surface area contributed by atoms with Crippen LogP contribution >= 0.6 is 11.3 Å². The SMILES string of the molecule is O=c1[nH]c(-c2ccccc2)nc2scc(-c3ccc(F)cc3)c12. The molecule has 0 aliphatic heterocycles. The number of rotatable bonds is 2. The van der Waals surface area contributed by atoms with Crippen molar-refractivity contribution in [1.29, 1.82) is 0 Å². The molecule has 1 N–H and O–H groups in total. The Morgan fingerprint density at radius 2 is 1.70 bits per heavy atom. The highest BCUT2D eigenvalue weighted by atomic mass is 32.1. The van der Waals surface area contributed by atoms with Crippen LogP contribution in [0.1, 0.15) is 0 Å². The van der Waals surface area contributed by atoms with Crippen LogP contribution in [0.15, 0.2) is 64.8 Å². The van der Waals surface area contributed by atoms with Crippen LogP contribution in [0, 0.1) is 5.82 Å². The summed E-state index contributed by atoms with van der Waals surface area (Å²) in [5, 5.41) is 2.43. The fourth-order valence-electron chi connectivity index (χ4n) is 2.52. The number of aromatic nitrogens is 2. The molecule has 0 saturated heterocycles. The Balaban J connectivity index is 1.91. The molecule has 3 nitrogen and oxygen atoms in total. The molecular weight excluding hydrogens is 311 g/mol. The Bertz CT molecular complexity index is 1040. The first-order chi connectivity index (χ1) is 11.2. The number of benzene rings is 2. The van der Waals surface area contributed by atoms with Crippen molar-refractivity contribution in [3.8, 4) is 22.5 Å². The first kappa shape index (κ1) is 13.8. The third kappa shape index (κ3) is 2.45. The third-order valence-electron chi connectivity index (χ3n) is 3.65. The van der Waals surface area contributed by atoms with Gasteiger partial charge < -0.3 is 4.98 Å². The van der Waals surface area contributed by atoms with Crippen LogP contribution in [0.25, 0.3) is 32.7 Å². The summed E-state index contributed by atoms with van der Waals surface area (Å²) < 4.78 is 13.1. The largest absolute Gasteiger partial charge is 0.306 e. The normalized spacial score (nSPS) is 11.0. The Kier molecular flexibility index (Phi) is 3.28. The van der Waals surface area contributed by atoms with Gasteiger partial charge in [0, 0.05) is 16.5 Å². The minimum Gasteiger partial charge on any atom is -0.306 e. The molecule has 0 radical (unpaired) electrons. The standard InChI is InChI=1S/C18H11FN2OS/c19-13-8-6-11(7-9-13)14-10-23-18-15(14)17(22)20-16(21-18)12-4-2-1-3-5-12/h1-10H,(H,20,21,22). The van der Waals surface area contributed by atoms with Gasteiger partial charge in [0.15, 0.2) is 0 Å². The second-order valence-electron chi connectivity index (χ2n) is 5.12. The Hall–Kier alpha value is -2.79. The molecule has 0 fully saturated rings. The summed E-state index contributed by atoms with van der Waals surface area (Å²) in [4.78, 5) is 20.6. The number of aromatic amines is 1. The van der Waals surface area contributed by atoms with Crippen LogP contribution in [0.2, 0.25) is 0 Å². The van der Waals surface area contributed by atoms with Crippen molar-refractivity contribution in [3.05, 3.63) is 76.1 Å². The third-order valence-corrected chi connectivity index (χ3v) is 4.52. The number of nitrogens with zero attached hydrogens (tertiary/aromatic N) is 1. The maximum absolute atomic E-state index is 13.1. The monoisotopic (exact) mass is 322 g/mol. The Morgan fingerprint density at radius 3 is 2.43 bits per heavy atom. The molecule has 0 amide bonds. The molecule has 2 heterocycles. The van der Waals surface area contributed by atoms with Gasteiger partial charge in [0.05, 0.1) is 5.39 Å². The number of halogens is 1. The number of hydrogen-bond acceptors (Lipinski definition) is 3. The molecule has 4 aromatic rings. The lowest BCUT2D eigenvalue weighted by atomic mass is 10.1. The number of hydrogen-bond donors (Lipinski definition) is 1. The maximum atomic E-state index is 13.1. The molecule has 0 bridgehead atoms. The van der Waals surface area contributed by atoms with Crippen LogP contribution in [0.5, 0.6) is 0 Å². The van der Waals surface area contributed by atoms with E-state index in [2.05, 4.69) is 9.97 Å². The van der Waals surface area contributed by atoms with Gasteiger partial charge in [-0.25, -0.2) is 9.37 Å². The highest BCUT2D eigenvalue weighted by molar-refractivity contribution is 7.17. The summed E-state index contributed by atoms with van der Waals surface area (Å²) in [6.07, 6.45) is 0. The number of thiophene rings is 1. The summed E-state index contributed by atoms with van der Waals surface area (Å²) >= 11 is 1.41. The molecule has 5 heteroatoms. The van der Waals surface area contributed by atoms with E-state index >= 15 is 0 Å². The van der Waals surface area contributed by atoms with E-state index in [4.69, 9.17) is 0 Å². The lowest BCUT2D eigenvalue weighted by Gasteiger charge is -2.02. The van der Waals surface area contributed by atoms with Gasteiger partial charge in [-0.2, -0.15) is 0 Å². The summed E-state index contributed by atoms with van der Waals surface area (Å²) in [5.41, 5.74) is 2.26. The second kappa shape index (κ2) is 5.44. The first-order valence-corrected chi connectivity index (χ1v) is 7.93. The minimum atomic E-state index is -0.299. The van der Waals surface area contributed by atoms with Crippen molar-refractivity contribution in [2.24, 2.45) is 0 Å². The molecule has 0 unspecified atom stereocenters. The molecule has 4 rings (SSSR count). The minimum absolute atomic E-state index is 0.186. The molecule has 0 atom stereocenters. The van der Waals surface area contributed by atoms with Crippen LogP contribution < -0.4 is 5.56 Å². The van der Waals surface area contributed by atoms with Crippen molar-refractivity contribution < 1.29 is 4.39 Å².